The van der Waals surface area contributed by atoms with Crippen LogP contribution in [0, 0.1) is 5.82 Å². The van der Waals surface area contributed by atoms with Crippen LogP contribution in [0.25, 0.3) is 11.1 Å². The van der Waals surface area contributed by atoms with E-state index in [1.807, 2.05) is 0 Å². The lowest BCUT2D eigenvalue weighted by Crippen LogP contribution is -2.28. The zero-order valence-corrected chi connectivity index (χ0v) is 19.2. The van der Waals surface area contributed by atoms with Crippen LogP contribution in [-0.2, 0) is 21.2 Å². The molecule has 0 spiro atoms. The number of methoxy groups -OCH3 is 2. The lowest BCUT2D eigenvalue weighted by molar-refractivity contribution is -0.138. The van der Waals surface area contributed by atoms with E-state index in [9.17, 15) is 17.6 Å². The molecular formula is C25H22F4N2O5. The Morgan fingerprint density at radius 1 is 1.06 bits per heavy atom. The van der Waals surface area contributed by atoms with Crippen LogP contribution in [0.1, 0.15) is 16.7 Å². The van der Waals surface area contributed by atoms with Gasteiger partial charge in [0.2, 0.25) is 0 Å². The van der Waals surface area contributed by atoms with E-state index in [0.29, 0.717) is 16.9 Å². The van der Waals surface area contributed by atoms with Crippen LogP contribution in [0.4, 0.5) is 17.6 Å². The third-order valence-corrected chi connectivity index (χ3v) is 5.54. The van der Waals surface area contributed by atoms with Gasteiger partial charge in [0.15, 0.2) is 5.54 Å². The molecule has 11 heteroatoms. The van der Waals surface area contributed by atoms with E-state index in [2.05, 4.69) is 4.99 Å². The predicted molar refractivity (Wildman–Crippen MR) is 123 cm³/mol. The minimum atomic E-state index is -4.65. The molecule has 36 heavy (non-hydrogen) atoms. The van der Waals surface area contributed by atoms with E-state index in [1.54, 1.807) is 30.3 Å². The summed E-state index contributed by atoms with van der Waals surface area (Å²) in [5.74, 6) is -0.330. The predicted octanol–water partition coefficient (Wildman–Crippen LogP) is 4.82. The van der Waals surface area contributed by atoms with Gasteiger partial charge < -0.3 is 25.1 Å². The quantitative estimate of drug-likeness (QED) is 0.380. The molecule has 0 saturated heterocycles. The van der Waals surface area contributed by atoms with Gasteiger partial charge in [0.05, 0.1) is 19.8 Å². The van der Waals surface area contributed by atoms with Crippen LogP contribution < -0.4 is 15.2 Å². The van der Waals surface area contributed by atoms with Gasteiger partial charge in [-0.1, -0.05) is 24.3 Å². The maximum absolute atomic E-state index is 14.6. The first kappa shape index (κ1) is 26.3. The molecule has 0 radical (unpaired) electrons. The number of benzene rings is 3. The topological polar surface area (TPSA) is 103 Å². The summed E-state index contributed by atoms with van der Waals surface area (Å²) in [6, 6.07) is 14.6. The van der Waals surface area contributed by atoms with Crippen LogP contribution in [0.15, 0.2) is 65.7 Å². The minimum absolute atomic E-state index is 0.119. The average molecular weight is 506 g/mol. The van der Waals surface area contributed by atoms with Gasteiger partial charge in [-0.2, -0.15) is 13.2 Å². The van der Waals surface area contributed by atoms with Crippen molar-refractivity contribution in [2.75, 3.05) is 20.8 Å². The number of aliphatic imine (C=N–C) groups is 1. The molecule has 0 aromatic heterocycles. The summed E-state index contributed by atoms with van der Waals surface area (Å²) in [4.78, 5) is 12.7. The molecular weight excluding hydrogens is 484 g/mol. The van der Waals surface area contributed by atoms with Crippen LogP contribution in [0.3, 0.4) is 0 Å². The first-order valence-corrected chi connectivity index (χ1v) is 10.4. The maximum Gasteiger partial charge on any atom is 0.419 e. The smallest absolute Gasteiger partial charge is 0.419 e. The van der Waals surface area contributed by atoms with Crippen molar-refractivity contribution in [3.63, 3.8) is 0 Å². The largest absolute Gasteiger partial charge is 0.497 e. The summed E-state index contributed by atoms with van der Waals surface area (Å²) in [7, 11) is 2.64. The van der Waals surface area contributed by atoms with Gasteiger partial charge in [-0.3, -0.25) is 4.79 Å². The van der Waals surface area contributed by atoms with E-state index in [4.69, 9.17) is 29.8 Å². The van der Waals surface area contributed by atoms with Crippen LogP contribution in [-0.4, -0.2) is 38.4 Å². The summed E-state index contributed by atoms with van der Waals surface area (Å²) in [6.45, 7) is -0.369. The molecule has 3 aromatic carbocycles. The van der Waals surface area contributed by atoms with Crippen molar-refractivity contribution in [2.24, 2.45) is 10.7 Å². The Labute approximate surface area is 203 Å². The van der Waals surface area contributed by atoms with Gasteiger partial charge in [-0.25, -0.2) is 9.38 Å². The number of carbonyl (C=O) groups is 1. The molecule has 1 atom stereocenters. The molecule has 3 aromatic rings. The number of nitrogens with two attached hydrogens (primary N) is 1. The van der Waals surface area contributed by atoms with Crippen molar-refractivity contribution in [1.29, 1.82) is 0 Å². The first-order valence-electron chi connectivity index (χ1n) is 10.4. The Balaban J connectivity index is 0.00000115. The van der Waals surface area contributed by atoms with Gasteiger partial charge in [0.1, 0.15) is 23.9 Å². The molecule has 0 aliphatic carbocycles. The summed E-state index contributed by atoms with van der Waals surface area (Å²) in [5.41, 5.74) is 4.93. The normalized spacial score (nSPS) is 16.8. The molecule has 1 unspecified atom stereocenters. The SMILES string of the molecule is COc1ccc(F)c(-c2cccc(C3(c4ccc(OC)c(C(F)(F)F)c4)COC(N)=N3)c2)c1.O=CO. The number of amidine groups is 1. The van der Waals surface area contributed by atoms with Crippen molar-refractivity contribution in [2.45, 2.75) is 11.7 Å². The van der Waals surface area contributed by atoms with Gasteiger partial charge in [0.25, 0.3) is 12.5 Å². The standard InChI is InChI=1S/C24H20F4N2O3.CH2O2/c1-31-17-7-8-20(25)18(12-17)14-4-3-5-15(10-14)23(13-33-22(29)30-23)16-6-9-21(32-2)19(11-16)24(26,27)28;2-1-3/h3-12H,13H2,1-2H3,(H2,29,30);1H,(H,2,3). The molecule has 3 N–H and O–H groups in total. The number of hydrogen-bond acceptors (Lipinski definition) is 6. The van der Waals surface area contributed by atoms with Crippen LogP contribution >= 0.6 is 0 Å². The van der Waals surface area contributed by atoms with Crippen molar-refractivity contribution in [3.8, 4) is 22.6 Å². The lowest BCUT2D eigenvalue weighted by Gasteiger charge is -2.27. The van der Waals surface area contributed by atoms with E-state index in [1.165, 1.54) is 38.5 Å². The highest BCUT2D eigenvalue weighted by Crippen LogP contribution is 2.44. The summed E-state index contributed by atoms with van der Waals surface area (Å²) in [6.07, 6.45) is -4.65. The molecule has 190 valence electrons. The van der Waals surface area contributed by atoms with Gasteiger partial charge in [0, 0.05) is 5.56 Å². The molecule has 1 aliphatic rings. The molecule has 4 rings (SSSR count). The second-order valence-corrected chi connectivity index (χ2v) is 7.54. The highest BCUT2D eigenvalue weighted by molar-refractivity contribution is 5.76. The number of ether oxygens (including phenoxy) is 3. The second-order valence-electron chi connectivity index (χ2n) is 7.54. The second kappa shape index (κ2) is 10.5. The Kier molecular flexibility index (Phi) is 7.71. The summed E-state index contributed by atoms with van der Waals surface area (Å²) in [5, 5.41) is 6.89. The molecule has 0 fully saturated rings. The van der Waals surface area contributed by atoms with Crippen molar-refractivity contribution < 1.29 is 41.7 Å². The van der Waals surface area contributed by atoms with E-state index in [-0.39, 0.29) is 36.0 Å². The van der Waals surface area contributed by atoms with Gasteiger partial charge in [-0.05, 0) is 53.1 Å². The third kappa shape index (κ3) is 5.19. The average Bonchev–Trinajstić information content (AvgIpc) is 3.27. The minimum Gasteiger partial charge on any atom is -0.497 e. The van der Waals surface area contributed by atoms with Crippen molar-refractivity contribution in [1.82, 2.24) is 0 Å². The fraction of sp³-hybridized carbons (Fsp3) is 0.200. The third-order valence-electron chi connectivity index (χ3n) is 5.54. The molecule has 0 saturated carbocycles. The fourth-order valence-corrected chi connectivity index (χ4v) is 3.88. The molecule has 0 bridgehead atoms. The molecule has 7 nitrogen and oxygen atoms in total. The van der Waals surface area contributed by atoms with Crippen molar-refractivity contribution >= 4 is 12.5 Å². The number of rotatable bonds is 5. The highest BCUT2D eigenvalue weighted by Gasteiger charge is 2.43. The zero-order valence-electron chi connectivity index (χ0n) is 19.2. The van der Waals surface area contributed by atoms with E-state index < -0.39 is 23.1 Å². The summed E-state index contributed by atoms with van der Waals surface area (Å²) < 4.78 is 71.1. The van der Waals surface area contributed by atoms with E-state index in [0.717, 1.165) is 6.07 Å². The van der Waals surface area contributed by atoms with Crippen molar-refractivity contribution in [3.05, 3.63) is 83.2 Å². The Morgan fingerprint density at radius 2 is 1.75 bits per heavy atom. The Morgan fingerprint density at radius 3 is 2.33 bits per heavy atom. The zero-order chi connectivity index (χ0) is 26.5. The number of carboxylic acid groups (broad SMARTS) is 1. The van der Waals surface area contributed by atoms with Crippen LogP contribution in [0.5, 0.6) is 11.5 Å². The monoisotopic (exact) mass is 506 g/mol. The number of hydrogen-bond donors (Lipinski definition) is 2. The maximum atomic E-state index is 14.6. The number of nitrogens with zero attached hydrogens (tertiary/aromatic N) is 1. The lowest BCUT2D eigenvalue weighted by atomic mass is 9.82. The molecule has 1 heterocycles. The van der Waals surface area contributed by atoms with Crippen LogP contribution in [0.2, 0.25) is 0 Å². The van der Waals surface area contributed by atoms with E-state index >= 15 is 0 Å². The number of alkyl halides is 3. The molecule has 1 aliphatic heterocycles. The Hall–Kier alpha value is -4.28. The van der Waals surface area contributed by atoms with Gasteiger partial charge >= 0.3 is 6.18 Å². The first-order chi connectivity index (χ1) is 17.1. The van der Waals surface area contributed by atoms with Gasteiger partial charge in [-0.15, -0.1) is 0 Å². The Bertz CT molecular complexity index is 1280. The highest BCUT2D eigenvalue weighted by atomic mass is 19.4. The fourth-order valence-electron chi connectivity index (χ4n) is 3.88. The molecule has 0 amide bonds. The number of halogens is 4. The summed E-state index contributed by atoms with van der Waals surface area (Å²) >= 11 is 0.